The lowest BCUT2D eigenvalue weighted by Gasteiger charge is -2.33. The van der Waals surface area contributed by atoms with E-state index in [0.717, 1.165) is 11.5 Å². The summed E-state index contributed by atoms with van der Waals surface area (Å²) < 4.78 is 16.6. The highest BCUT2D eigenvalue weighted by Gasteiger charge is 2.25. The van der Waals surface area contributed by atoms with Crippen molar-refractivity contribution in [1.29, 1.82) is 5.26 Å². The first kappa shape index (κ1) is 17.8. The molecule has 0 saturated carbocycles. The Morgan fingerprint density at radius 3 is 2.77 bits per heavy atom. The number of hydrogen-bond acceptors (Lipinski definition) is 5. The summed E-state index contributed by atoms with van der Waals surface area (Å²) in [5.74, 6) is 1.39. The van der Waals surface area contributed by atoms with Crippen molar-refractivity contribution in [3.8, 4) is 17.6 Å². The molecule has 6 nitrogen and oxygen atoms in total. The van der Waals surface area contributed by atoms with Gasteiger partial charge >= 0.3 is 0 Å². The van der Waals surface area contributed by atoms with Crippen LogP contribution in [0.15, 0.2) is 48.5 Å². The Bertz CT molecular complexity index is 798. The Morgan fingerprint density at radius 2 is 2.04 bits per heavy atom. The summed E-state index contributed by atoms with van der Waals surface area (Å²) in [6.07, 6.45) is -0.200. The summed E-state index contributed by atoms with van der Waals surface area (Å²) in [6.45, 7) is 1.79. The summed E-state index contributed by atoms with van der Waals surface area (Å²) >= 11 is 0. The molecule has 2 aromatic rings. The van der Waals surface area contributed by atoms with Crippen LogP contribution in [-0.2, 0) is 4.74 Å². The van der Waals surface area contributed by atoms with Gasteiger partial charge in [-0.25, -0.2) is 0 Å². The average Bonchev–Trinajstić information content (AvgIpc) is 2.72. The fourth-order valence-electron chi connectivity index (χ4n) is 2.77. The minimum absolute atomic E-state index is 0.0974. The van der Waals surface area contributed by atoms with E-state index in [1.54, 1.807) is 36.3 Å². The second kappa shape index (κ2) is 8.37. The van der Waals surface area contributed by atoms with Crippen molar-refractivity contribution in [3.05, 3.63) is 59.7 Å². The van der Waals surface area contributed by atoms with Crippen LogP contribution >= 0.6 is 0 Å². The first-order valence-electron chi connectivity index (χ1n) is 8.37. The minimum atomic E-state index is -0.200. The van der Waals surface area contributed by atoms with E-state index in [9.17, 15) is 4.79 Å². The van der Waals surface area contributed by atoms with Crippen LogP contribution in [0.4, 0.5) is 0 Å². The van der Waals surface area contributed by atoms with Crippen molar-refractivity contribution in [2.75, 3.05) is 33.4 Å². The summed E-state index contributed by atoms with van der Waals surface area (Å²) in [6, 6.07) is 16.1. The molecule has 0 radical (unpaired) electrons. The van der Waals surface area contributed by atoms with Gasteiger partial charge in [0.05, 0.1) is 31.9 Å². The summed E-state index contributed by atoms with van der Waals surface area (Å²) in [5.41, 5.74) is 0.990. The fourth-order valence-corrected chi connectivity index (χ4v) is 2.77. The van der Waals surface area contributed by atoms with Crippen molar-refractivity contribution in [1.82, 2.24) is 4.90 Å². The molecule has 1 unspecified atom stereocenters. The first-order valence-corrected chi connectivity index (χ1v) is 8.37. The molecular formula is C20H20N2O4. The number of nitriles is 1. The number of methoxy groups -OCH3 is 1. The van der Waals surface area contributed by atoms with E-state index in [4.69, 9.17) is 19.5 Å². The van der Waals surface area contributed by atoms with E-state index in [-0.39, 0.29) is 12.0 Å². The molecule has 2 aromatic carbocycles. The Kier molecular flexibility index (Phi) is 5.72. The van der Waals surface area contributed by atoms with Gasteiger partial charge in [-0.1, -0.05) is 6.07 Å². The van der Waals surface area contributed by atoms with Gasteiger partial charge in [0.1, 0.15) is 24.2 Å². The van der Waals surface area contributed by atoms with Crippen LogP contribution in [-0.4, -0.2) is 50.3 Å². The normalized spacial score (nSPS) is 16.6. The molecule has 26 heavy (non-hydrogen) atoms. The largest absolute Gasteiger partial charge is 0.497 e. The van der Waals surface area contributed by atoms with Gasteiger partial charge < -0.3 is 19.1 Å². The number of morpholine rings is 1. The average molecular weight is 352 g/mol. The number of carbonyl (C=O) groups excluding carboxylic acids is 1. The third kappa shape index (κ3) is 4.32. The molecule has 1 atom stereocenters. The van der Waals surface area contributed by atoms with Gasteiger partial charge in [-0.2, -0.15) is 5.26 Å². The molecule has 134 valence electrons. The van der Waals surface area contributed by atoms with Crippen LogP contribution in [0.1, 0.15) is 15.9 Å². The molecule has 0 aromatic heterocycles. The number of hydrogen-bond donors (Lipinski definition) is 0. The lowest BCUT2D eigenvalue weighted by molar-refractivity contribution is -0.0401. The monoisotopic (exact) mass is 352 g/mol. The van der Waals surface area contributed by atoms with Crippen molar-refractivity contribution in [2.24, 2.45) is 0 Å². The molecule has 0 bridgehead atoms. The van der Waals surface area contributed by atoms with Crippen molar-refractivity contribution < 1.29 is 19.0 Å². The zero-order chi connectivity index (χ0) is 18.4. The highest BCUT2D eigenvalue weighted by atomic mass is 16.5. The van der Waals surface area contributed by atoms with Crippen LogP contribution in [0, 0.1) is 11.3 Å². The maximum atomic E-state index is 12.7. The summed E-state index contributed by atoms with van der Waals surface area (Å²) in [5, 5.41) is 8.99. The lowest BCUT2D eigenvalue weighted by atomic mass is 10.1. The zero-order valence-corrected chi connectivity index (χ0v) is 14.6. The van der Waals surface area contributed by atoms with Gasteiger partial charge in [-0.15, -0.1) is 0 Å². The third-order valence-corrected chi connectivity index (χ3v) is 4.16. The standard InChI is InChI=1S/C20H20N2O4/c1-24-17-5-7-18(8-6-17)26-14-19-13-22(9-10-25-19)20(23)16-4-2-3-15(11-16)12-21/h2-8,11,19H,9-10,13-14H2,1H3. The van der Waals surface area contributed by atoms with Crippen molar-refractivity contribution in [3.63, 3.8) is 0 Å². The fraction of sp³-hybridized carbons (Fsp3) is 0.300. The molecule has 1 aliphatic rings. The van der Waals surface area contributed by atoms with Crippen LogP contribution in [0.25, 0.3) is 0 Å². The van der Waals surface area contributed by atoms with Crippen LogP contribution < -0.4 is 9.47 Å². The maximum Gasteiger partial charge on any atom is 0.254 e. The molecule has 6 heteroatoms. The SMILES string of the molecule is COc1ccc(OCC2CN(C(=O)c3cccc(C#N)c3)CCO2)cc1. The Labute approximate surface area is 152 Å². The van der Waals surface area contributed by atoms with E-state index in [2.05, 4.69) is 6.07 Å². The van der Waals surface area contributed by atoms with E-state index >= 15 is 0 Å². The Balaban J connectivity index is 1.58. The second-order valence-corrected chi connectivity index (χ2v) is 5.92. The molecule has 0 N–H and O–H groups in total. The van der Waals surface area contributed by atoms with E-state index < -0.39 is 0 Å². The van der Waals surface area contributed by atoms with Gasteiger partial charge in [-0.3, -0.25) is 4.79 Å². The molecule has 1 amide bonds. The Morgan fingerprint density at radius 1 is 1.27 bits per heavy atom. The summed E-state index contributed by atoms with van der Waals surface area (Å²) in [7, 11) is 1.61. The predicted molar refractivity (Wildman–Crippen MR) is 95.3 cm³/mol. The van der Waals surface area contributed by atoms with Gasteiger partial charge in [0.25, 0.3) is 5.91 Å². The quantitative estimate of drug-likeness (QED) is 0.827. The lowest BCUT2D eigenvalue weighted by Crippen LogP contribution is -2.47. The topological polar surface area (TPSA) is 71.8 Å². The van der Waals surface area contributed by atoms with Crippen molar-refractivity contribution in [2.45, 2.75) is 6.10 Å². The molecular weight excluding hydrogens is 332 g/mol. The number of amides is 1. The minimum Gasteiger partial charge on any atom is -0.497 e. The molecule has 1 heterocycles. The molecule has 0 aliphatic carbocycles. The number of carbonyl (C=O) groups is 1. The van der Waals surface area contributed by atoms with E-state index in [1.165, 1.54) is 0 Å². The number of rotatable bonds is 5. The van der Waals surface area contributed by atoms with E-state index in [0.29, 0.717) is 37.4 Å². The molecule has 0 spiro atoms. The molecule has 1 aliphatic heterocycles. The van der Waals surface area contributed by atoms with Crippen LogP contribution in [0.2, 0.25) is 0 Å². The first-order chi connectivity index (χ1) is 12.7. The van der Waals surface area contributed by atoms with Crippen molar-refractivity contribution >= 4 is 5.91 Å². The van der Waals surface area contributed by atoms with Gasteiger partial charge in [0.2, 0.25) is 0 Å². The van der Waals surface area contributed by atoms with Crippen LogP contribution in [0.3, 0.4) is 0 Å². The molecule has 3 rings (SSSR count). The van der Waals surface area contributed by atoms with E-state index in [1.807, 2.05) is 24.3 Å². The smallest absolute Gasteiger partial charge is 0.254 e. The number of benzene rings is 2. The molecule has 1 fully saturated rings. The highest BCUT2D eigenvalue weighted by Crippen LogP contribution is 2.18. The Hall–Kier alpha value is -3.04. The third-order valence-electron chi connectivity index (χ3n) is 4.16. The zero-order valence-electron chi connectivity index (χ0n) is 14.6. The second-order valence-electron chi connectivity index (χ2n) is 5.92. The maximum absolute atomic E-state index is 12.7. The van der Waals surface area contributed by atoms with Gasteiger partial charge in [0, 0.05) is 12.1 Å². The number of nitrogens with zero attached hydrogens (tertiary/aromatic N) is 2. The van der Waals surface area contributed by atoms with Gasteiger partial charge in [-0.05, 0) is 42.5 Å². The summed E-state index contributed by atoms with van der Waals surface area (Å²) in [4.78, 5) is 14.4. The number of ether oxygens (including phenoxy) is 3. The predicted octanol–water partition coefficient (Wildman–Crippen LogP) is 2.49. The highest BCUT2D eigenvalue weighted by molar-refractivity contribution is 5.94. The van der Waals surface area contributed by atoms with Gasteiger partial charge in [0.15, 0.2) is 0 Å². The molecule has 1 saturated heterocycles. The van der Waals surface area contributed by atoms with Crippen LogP contribution in [0.5, 0.6) is 11.5 Å².